The number of hydrogen-bond donors (Lipinski definition) is 3. The molecule has 5 rings (SSSR count). The van der Waals surface area contributed by atoms with E-state index in [2.05, 4.69) is 20.7 Å². The van der Waals surface area contributed by atoms with Crippen LogP contribution in [-0.2, 0) is 12.7 Å². The van der Waals surface area contributed by atoms with Crippen molar-refractivity contribution in [3.8, 4) is 11.3 Å². The molecule has 1 saturated carbocycles. The van der Waals surface area contributed by atoms with Gasteiger partial charge in [0.15, 0.2) is 5.65 Å². The topological polar surface area (TPSA) is 74.5 Å². The Labute approximate surface area is 192 Å². The molecule has 34 heavy (non-hydrogen) atoms. The van der Waals surface area contributed by atoms with Gasteiger partial charge in [-0.1, -0.05) is 30.3 Å². The van der Waals surface area contributed by atoms with Crippen molar-refractivity contribution in [1.29, 1.82) is 0 Å². The van der Waals surface area contributed by atoms with Crippen LogP contribution in [0.1, 0.15) is 24.0 Å². The summed E-state index contributed by atoms with van der Waals surface area (Å²) in [5.74, 6) is -0.175. The van der Waals surface area contributed by atoms with E-state index in [1.165, 1.54) is 0 Å². The molecule has 2 aromatic carbocycles. The van der Waals surface area contributed by atoms with Crippen molar-refractivity contribution in [2.75, 3.05) is 10.6 Å². The molecule has 0 saturated heterocycles. The predicted molar refractivity (Wildman–Crippen MR) is 120 cm³/mol. The van der Waals surface area contributed by atoms with Gasteiger partial charge in [-0.2, -0.15) is 18.2 Å². The number of aliphatic hydroxyl groups excluding tert-OH is 1. The van der Waals surface area contributed by atoms with Crippen molar-refractivity contribution in [2.24, 2.45) is 5.92 Å². The third kappa shape index (κ3) is 4.67. The Balaban J connectivity index is 1.32. The maximum atomic E-state index is 14.0. The zero-order chi connectivity index (χ0) is 23.9. The third-order valence-electron chi connectivity index (χ3n) is 5.73. The van der Waals surface area contributed by atoms with E-state index in [4.69, 9.17) is 0 Å². The number of alkyl halides is 3. The molecule has 1 atom stereocenters. The SMILES string of the molecule is OC(Nc1nc2cccc(-c3ccc(CNc4cc(C(F)(F)F)ccc4F)cc3)n2n1)C1CC1. The van der Waals surface area contributed by atoms with Crippen LogP contribution in [0.5, 0.6) is 0 Å². The van der Waals surface area contributed by atoms with E-state index < -0.39 is 23.8 Å². The summed E-state index contributed by atoms with van der Waals surface area (Å²) in [5.41, 5.74) is 1.89. The normalized spacial score (nSPS) is 14.9. The van der Waals surface area contributed by atoms with Gasteiger partial charge in [0.2, 0.25) is 5.95 Å². The summed E-state index contributed by atoms with van der Waals surface area (Å²) in [4.78, 5) is 4.42. The van der Waals surface area contributed by atoms with Crippen LogP contribution in [0.3, 0.4) is 0 Å². The number of anilines is 2. The molecule has 0 radical (unpaired) electrons. The zero-order valence-electron chi connectivity index (χ0n) is 17.9. The lowest BCUT2D eigenvalue weighted by atomic mass is 10.1. The lowest BCUT2D eigenvalue weighted by Gasteiger charge is -2.12. The van der Waals surface area contributed by atoms with Gasteiger partial charge in [-0.15, -0.1) is 5.10 Å². The van der Waals surface area contributed by atoms with Crippen LogP contribution in [0.2, 0.25) is 0 Å². The number of pyridine rings is 1. The standard InChI is InChI=1S/C24H21F4N5O/c25-18-11-10-17(24(26,27)28)12-19(18)29-13-14-4-6-15(7-5-14)20-2-1-3-21-30-23(32-33(20)21)31-22(34)16-8-9-16/h1-7,10-12,16,22,29,34H,8-9,13H2,(H,31,32). The van der Waals surface area contributed by atoms with Gasteiger partial charge in [0.1, 0.15) is 12.0 Å². The average molecular weight is 471 g/mol. The van der Waals surface area contributed by atoms with Crippen molar-refractivity contribution in [3.05, 3.63) is 77.6 Å². The zero-order valence-corrected chi connectivity index (χ0v) is 17.9. The Bertz CT molecular complexity index is 1320. The van der Waals surface area contributed by atoms with Crippen molar-refractivity contribution in [3.63, 3.8) is 0 Å². The minimum absolute atomic E-state index is 0.152. The molecular formula is C24H21F4N5O. The Morgan fingerprint density at radius 2 is 1.82 bits per heavy atom. The molecule has 1 aliphatic rings. The van der Waals surface area contributed by atoms with Crippen LogP contribution in [0.25, 0.3) is 16.9 Å². The molecule has 10 heteroatoms. The summed E-state index contributed by atoms with van der Waals surface area (Å²) in [7, 11) is 0. The van der Waals surface area contributed by atoms with E-state index >= 15 is 0 Å². The van der Waals surface area contributed by atoms with Crippen molar-refractivity contribution < 1.29 is 22.7 Å². The minimum Gasteiger partial charge on any atom is -0.379 e. The number of nitrogens with zero attached hydrogens (tertiary/aromatic N) is 3. The van der Waals surface area contributed by atoms with Gasteiger partial charge in [0, 0.05) is 18.0 Å². The Morgan fingerprint density at radius 3 is 2.53 bits per heavy atom. The molecule has 1 unspecified atom stereocenters. The molecule has 3 N–H and O–H groups in total. The number of hydrogen-bond acceptors (Lipinski definition) is 5. The summed E-state index contributed by atoms with van der Waals surface area (Å²) in [5, 5.41) is 20.2. The fraction of sp³-hybridized carbons (Fsp3) is 0.250. The molecule has 4 aromatic rings. The average Bonchev–Trinajstić information content (AvgIpc) is 3.58. The molecule has 2 heterocycles. The number of nitrogens with one attached hydrogen (secondary N) is 2. The fourth-order valence-electron chi connectivity index (χ4n) is 3.67. The van der Waals surface area contributed by atoms with Gasteiger partial charge < -0.3 is 15.7 Å². The van der Waals surface area contributed by atoms with Gasteiger partial charge in [0.25, 0.3) is 0 Å². The molecule has 0 aliphatic heterocycles. The minimum atomic E-state index is -4.54. The summed E-state index contributed by atoms with van der Waals surface area (Å²) < 4.78 is 54.3. The van der Waals surface area contributed by atoms with E-state index in [0.29, 0.717) is 17.7 Å². The first kappa shape index (κ1) is 22.1. The fourth-order valence-corrected chi connectivity index (χ4v) is 3.67. The highest BCUT2D eigenvalue weighted by Crippen LogP contribution is 2.33. The Hall–Kier alpha value is -3.66. The first-order valence-electron chi connectivity index (χ1n) is 10.8. The highest BCUT2D eigenvalue weighted by Gasteiger charge is 2.31. The van der Waals surface area contributed by atoms with Crippen molar-refractivity contribution in [2.45, 2.75) is 31.8 Å². The smallest absolute Gasteiger partial charge is 0.379 e. The highest BCUT2D eigenvalue weighted by atomic mass is 19.4. The molecule has 1 fully saturated rings. The molecule has 176 valence electrons. The van der Waals surface area contributed by atoms with Crippen LogP contribution < -0.4 is 10.6 Å². The lowest BCUT2D eigenvalue weighted by Crippen LogP contribution is -2.21. The van der Waals surface area contributed by atoms with Crippen LogP contribution >= 0.6 is 0 Å². The Kier molecular flexibility index (Phi) is 5.60. The number of halogens is 4. The summed E-state index contributed by atoms with van der Waals surface area (Å²) in [6.07, 6.45) is -3.25. The van der Waals surface area contributed by atoms with E-state index in [1.54, 1.807) is 16.6 Å². The largest absolute Gasteiger partial charge is 0.416 e. The Morgan fingerprint density at radius 1 is 1.06 bits per heavy atom. The molecular weight excluding hydrogens is 450 g/mol. The number of benzene rings is 2. The second-order valence-electron chi connectivity index (χ2n) is 8.29. The van der Waals surface area contributed by atoms with E-state index in [1.807, 2.05) is 30.3 Å². The first-order valence-corrected chi connectivity index (χ1v) is 10.8. The molecule has 0 amide bonds. The second-order valence-corrected chi connectivity index (χ2v) is 8.29. The summed E-state index contributed by atoms with van der Waals surface area (Å²) in [6.45, 7) is 0.152. The molecule has 0 spiro atoms. The van der Waals surface area contributed by atoms with E-state index in [9.17, 15) is 22.7 Å². The maximum absolute atomic E-state index is 14.0. The predicted octanol–water partition coefficient (Wildman–Crippen LogP) is 5.31. The van der Waals surface area contributed by atoms with Crippen LogP contribution in [-0.4, -0.2) is 25.9 Å². The van der Waals surface area contributed by atoms with Crippen molar-refractivity contribution in [1.82, 2.24) is 14.6 Å². The lowest BCUT2D eigenvalue weighted by molar-refractivity contribution is -0.137. The van der Waals surface area contributed by atoms with Crippen LogP contribution in [0.4, 0.5) is 29.2 Å². The highest BCUT2D eigenvalue weighted by molar-refractivity contribution is 5.64. The molecule has 0 bridgehead atoms. The molecule has 6 nitrogen and oxygen atoms in total. The van der Waals surface area contributed by atoms with Gasteiger partial charge in [-0.25, -0.2) is 8.91 Å². The number of aromatic nitrogens is 3. The van der Waals surface area contributed by atoms with Gasteiger partial charge >= 0.3 is 6.18 Å². The number of aliphatic hydroxyl groups is 1. The van der Waals surface area contributed by atoms with Gasteiger partial charge in [-0.05, 0) is 48.7 Å². The van der Waals surface area contributed by atoms with Crippen molar-refractivity contribution >= 4 is 17.3 Å². The monoisotopic (exact) mass is 471 g/mol. The quantitative estimate of drug-likeness (QED) is 0.252. The van der Waals surface area contributed by atoms with E-state index in [0.717, 1.165) is 41.8 Å². The third-order valence-corrected chi connectivity index (χ3v) is 5.73. The molecule has 2 aromatic heterocycles. The second kappa shape index (κ2) is 8.60. The number of rotatable bonds is 7. The van der Waals surface area contributed by atoms with Crippen LogP contribution in [0.15, 0.2) is 60.7 Å². The maximum Gasteiger partial charge on any atom is 0.416 e. The van der Waals surface area contributed by atoms with Gasteiger partial charge in [0.05, 0.1) is 16.9 Å². The van der Waals surface area contributed by atoms with Gasteiger partial charge in [-0.3, -0.25) is 0 Å². The molecule has 1 aliphatic carbocycles. The van der Waals surface area contributed by atoms with Crippen LogP contribution in [0, 0.1) is 11.7 Å². The summed E-state index contributed by atoms with van der Waals surface area (Å²) in [6, 6.07) is 15.1. The summed E-state index contributed by atoms with van der Waals surface area (Å²) >= 11 is 0. The number of fused-ring (bicyclic) bond motifs is 1. The first-order chi connectivity index (χ1) is 16.3. The van der Waals surface area contributed by atoms with E-state index in [-0.39, 0.29) is 18.2 Å².